The van der Waals surface area contributed by atoms with Gasteiger partial charge in [-0.2, -0.15) is 4.99 Å². The molecule has 1 aromatic rings. The molecule has 3 heteroatoms. The van der Waals surface area contributed by atoms with Crippen LogP contribution in [0.1, 0.15) is 5.56 Å². The molecule has 0 saturated carbocycles. The van der Waals surface area contributed by atoms with Gasteiger partial charge in [-0.1, -0.05) is 5.92 Å². The van der Waals surface area contributed by atoms with Crippen molar-refractivity contribution in [2.45, 2.75) is 0 Å². The van der Waals surface area contributed by atoms with Crippen molar-refractivity contribution >= 4 is 18.1 Å². The quantitative estimate of drug-likeness (QED) is 0.276. The maximum Gasteiger partial charge on any atom is 0.240 e. The Kier molecular flexibility index (Phi) is 3.20. The molecule has 1 aromatic carbocycles. The van der Waals surface area contributed by atoms with E-state index in [0.29, 0.717) is 17.5 Å². The van der Waals surface area contributed by atoms with Gasteiger partial charge in [0.05, 0.1) is 5.69 Å². The highest BCUT2D eigenvalue weighted by molar-refractivity contribution is 5.74. The van der Waals surface area contributed by atoms with Gasteiger partial charge in [0.15, 0.2) is 6.29 Å². The normalized spacial score (nSPS) is 7.69. The molecule has 0 fully saturated rings. The van der Waals surface area contributed by atoms with E-state index in [4.69, 9.17) is 0 Å². The molecule has 0 radical (unpaired) electrons. The summed E-state index contributed by atoms with van der Waals surface area (Å²) in [5, 5.41) is 0. The predicted octanol–water partition coefficient (Wildman–Crippen LogP) is 1.20. The number of hydrogen-bond acceptors (Lipinski definition) is 3. The molecular formula is C10H5NO2. The fourth-order valence-electron chi connectivity index (χ4n) is 0.785. The van der Waals surface area contributed by atoms with Crippen LogP contribution in [0, 0.1) is 11.8 Å². The summed E-state index contributed by atoms with van der Waals surface area (Å²) in [6, 6.07) is 6.60. The summed E-state index contributed by atoms with van der Waals surface area (Å²) in [6.07, 6.45) is 1.95. The zero-order valence-electron chi connectivity index (χ0n) is 6.65. The standard InChI is InChI=1S/C10H5NO2/c12-7-1-2-9-3-5-10(6-4-9)11-8-13/h3-7H. The maximum atomic E-state index is 9.90. The van der Waals surface area contributed by atoms with Crippen LogP contribution in [0.2, 0.25) is 0 Å². The van der Waals surface area contributed by atoms with Crippen molar-refractivity contribution in [3.05, 3.63) is 29.8 Å². The third-order valence-corrected chi connectivity index (χ3v) is 1.32. The van der Waals surface area contributed by atoms with Crippen LogP contribution in [0.3, 0.4) is 0 Å². The molecule has 3 nitrogen and oxygen atoms in total. The Morgan fingerprint density at radius 3 is 2.46 bits per heavy atom. The summed E-state index contributed by atoms with van der Waals surface area (Å²) < 4.78 is 0. The third kappa shape index (κ3) is 2.74. The van der Waals surface area contributed by atoms with Crippen molar-refractivity contribution < 1.29 is 9.59 Å². The van der Waals surface area contributed by atoms with E-state index in [2.05, 4.69) is 16.8 Å². The number of carbonyl (C=O) groups excluding carboxylic acids is 2. The highest BCUT2D eigenvalue weighted by Gasteiger charge is 1.88. The zero-order valence-corrected chi connectivity index (χ0v) is 6.65. The molecule has 0 saturated heterocycles. The molecule has 0 amide bonds. The minimum atomic E-state index is 0.520. The lowest BCUT2D eigenvalue weighted by molar-refractivity contribution is -0.103. The van der Waals surface area contributed by atoms with Crippen LogP contribution < -0.4 is 0 Å². The third-order valence-electron chi connectivity index (χ3n) is 1.32. The molecule has 62 valence electrons. The molecule has 0 aliphatic heterocycles. The van der Waals surface area contributed by atoms with Crippen LogP contribution in [0.15, 0.2) is 29.3 Å². The summed E-state index contributed by atoms with van der Waals surface area (Å²) in [6.45, 7) is 0. The number of benzene rings is 1. The van der Waals surface area contributed by atoms with Crippen LogP contribution in [0.25, 0.3) is 0 Å². The molecule has 0 unspecified atom stereocenters. The Morgan fingerprint density at radius 2 is 1.92 bits per heavy atom. The lowest BCUT2D eigenvalue weighted by Crippen LogP contribution is -1.72. The SMILES string of the molecule is O=C=Nc1ccc(C#CC=O)cc1. The summed E-state index contributed by atoms with van der Waals surface area (Å²) >= 11 is 0. The minimum absolute atomic E-state index is 0.520. The topological polar surface area (TPSA) is 46.5 Å². The molecule has 0 aromatic heterocycles. The Morgan fingerprint density at radius 1 is 1.23 bits per heavy atom. The molecular weight excluding hydrogens is 166 g/mol. The second kappa shape index (κ2) is 4.66. The van der Waals surface area contributed by atoms with Gasteiger partial charge in [-0.15, -0.1) is 0 Å². The van der Waals surface area contributed by atoms with E-state index in [9.17, 15) is 9.59 Å². The zero-order chi connectivity index (χ0) is 9.52. The first kappa shape index (κ1) is 8.92. The van der Waals surface area contributed by atoms with E-state index in [1.54, 1.807) is 24.3 Å². The fourth-order valence-corrected chi connectivity index (χ4v) is 0.785. The van der Waals surface area contributed by atoms with Crippen LogP contribution in [-0.2, 0) is 9.59 Å². The molecule has 0 atom stereocenters. The first-order valence-electron chi connectivity index (χ1n) is 3.50. The number of aldehydes is 1. The van der Waals surface area contributed by atoms with Gasteiger partial charge >= 0.3 is 0 Å². The Hall–Kier alpha value is -2.17. The van der Waals surface area contributed by atoms with Gasteiger partial charge in [0.2, 0.25) is 6.08 Å². The summed E-state index contributed by atoms with van der Waals surface area (Å²) in [5.74, 6) is 4.88. The van der Waals surface area contributed by atoms with E-state index >= 15 is 0 Å². The smallest absolute Gasteiger partial charge is 0.240 e. The van der Waals surface area contributed by atoms with Crippen molar-refractivity contribution in [3.63, 3.8) is 0 Å². The molecule has 0 spiro atoms. The van der Waals surface area contributed by atoms with Crippen LogP contribution >= 0.6 is 0 Å². The summed E-state index contributed by atoms with van der Waals surface area (Å²) in [4.78, 5) is 23.2. The van der Waals surface area contributed by atoms with Gasteiger partial charge in [0.25, 0.3) is 0 Å². The molecule has 0 aliphatic rings. The van der Waals surface area contributed by atoms with Gasteiger partial charge in [-0.25, -0.2) is 4.79 Å². The molecule has 0 heterocycles. The van der Waals surface area contributed by atoms with Crippen LogP contribution in [0.5, 0.6) is 0 Å². The Balaban J connectivity index is 2.93. The molecule has 0 N–H and O–H groups in total. The van der Waals surface area contributed by atoms with E-state index in [1.165, 1.54) is 6.08 Å². The maximum absolute atomic E-state index is 9.90. The van der Waals surface area contributed by atoms with Gasteiger partial charge in [0, 0.05) is 5.56 Å². The van der Waals surface area contributed by atoms with Crippen molar-refractivity contribution in [1.82, 2.24) is 0 Å². The fraction of sp³-hybridized carbons (Fsp3) is 0. The van der Waals surface area contributed by atoms with Crippen molar-refractivity contribution in [2.24, 2.45) is 4.99 Å². The average Bonchev–Trinajstić information content (AvgIpc) is 2.17. The number of nitrogens with zero attached hydrogens (tertiary/aromatic N) is 1. The molecule has 0 bridgehead atoms. The summed E-state index contributed by atoms with van der Waals surface area (Å²) in [5.41, 5.74) is 1.23. The monoisotopic (exact) mass is 171 g/mol. The van der Waals surface area contributed by atoms with Crippen molar-refractivity contribution in [1.29, 1.82) is 0 Å². The number of hydrogen-bond donors (Lipinski definition) is 0. The minimum Gasteiger partial charge on any atom is -0.289 e. The molecule has 13 heavy (non-hydrogen) atoms. The van der Waals surface area contributed by atoms with E-state index in [-0.39, 0.29) is 0 Å². The summed E-state index contributed by atoms with van der Waals surface area (Å²) in [7, 11) is 0. The second-order valence-corrected chi connectivity index (χ2v) is 2.14. The number of rotatable bonds is 1. The first-order chi connectivity index (χ1) is 6.36. The van der Waals surface area contributed by atoms with Crippen molar-refractivity contribution in [3.8, 4) is 11.8 Å². The van der Waals surface area contributed by atoms with Crippen LogP contribution in [-0.4, -0.2) is 12.4 Å². The average molecular weight is 171 g/mol. The second-order valence-electron chi connectivity index (χ2n) is 2.14. The van der Waals surface area contributed by atoms with E-state index in [0.717, 1.165) is 0 Å². The largest absolute Gasteiger partial charge is 0.289 e. The predicted molar refractivity (Wildman–Crippen MR) is 47.2 cm³/mol. The molecule has 1 rings (SSSR count). The van der Waals surface area contributed by atoms with Gasteiger partial charge in [-0.3, -0.25) is 4.79 Å². The van der Waals surface area contributed by atoms with Gasteiger partial charge in [0.1, 0.15) is 0 Å². The number of aliphatic imine (C=N–C) groups is 1. The lowest BCUT2D eigenvalue weighted by Gasteiger charge is -1.89. The Bertz CT molecular complexity index is 403. The highest BCUT2D eigenvalue weighted by Crippen LogP contribution is 2.10. The van der Waals surface area contributed by atoms with E-state index < -0.39 is 0 Å². The van der Waals surface area contributed by atoms with Crippen molar-refractivity contribution in [2.75, 3.05) is 0 Å². The van der Waals surface area contributed by atoms with Gasteiger partial charge < -0.3 is 0 Å². The lowest BCUT2D eigenvalue weighted by atomic mass is 10.2. The number of isocyanates is 1. The van der Waals surface area contributed by atoms with Gasteiger partial charge in [-0.05, 0) is 30.2 Å². The Labute approximate surface area is 75.1 Å². The number of carbonyl (C=O) groups is 1. The highest BCUT2D eigenvalue weighted by atomic mass is 16.1. The van der Waals surface area contributed by atoms with Crippen LogP contribution in [0.4, 0.5) is 5.69 Å². The molecule has 0 aliphatic carbocycles. The van der Waals surface area contributed by atoms with E-state index in [1.807, 2.05) is 0 Å². The first-order valence-corrected chi connectivity index (χ1v) is 3.50.